The Morgan fingerprint density at radius 3 is 2.38 bits per heavy atom. The van der Waals surface area contributed by atoms with Gasteiger partial charge in [0.25, 0.3) is 0 Å². The zero-order valence-corrected chi connectivity index (χ0v) is 11.2. The molecule has 1 aliphatic rings. The van der Waals surface area contributed by atoms with Gasteiger partial charge >= 0.3 is 0 Å². The zero-order chi connectivity index (χ0) is 11.6. The van der Waals surface area contributed by atoms with Crippen LogP contribution in [0.15, 0.2) is 28.7 Å². The van der Waals surface area contributed by atoms with E-state index in [9.17, 15) is 8.42 Å². The minimum Gasteiger partial charge on any atom is -0.314 e. The predicted molar refractivity (Wildman–Crippen MR) is 68.3 cm³/mol. The Morgan fingerprint density at radius 2 is 1.88 bits per heavy atom. The van der Waals surface area contributed by atoms with Crippen molar-refractivity contribution in [1.29, 1.82) is 0 Å². The highest BCUT2D eigenvalue weighted by molar-refractivity contribution is 9.10. The number of halogens is 1. The molecule has 1 aromatic carbocycles. The van der Waals surface area contributed by atoms with Crippen molar-refractivity contribution in [2.24, 2.45) is 0 Å². The van der Waals surface area contributed by atoms with E-state index in [1.165, 1.54) is 0 Å². The van der Waals surface area contributed by atoms with E-state index in [-0.39, 0.29) is 11.0 Å². The summed E-state index contributed by atoms with van der Waals surface area (Å²) in [5.74, 6) is 0.251. The third-order valence-electron chi connectivity index (χ3n) is 2.84. The van der Waals surface area contributed by atoms with Crippen LogP contribution in [0.3, 0.4) is 0 Å². The van der Waals surface area contributed by atoms with Gasteiger partial charge in [0.15, 0.2) is 9.84 Å². The first-order chi connectivity index (χ1) is 7.58. The number of hydrogen-bond acceptors (Lipinski definition) is 3. The van der Waals surface area contributed by atoms with Crippen molar-refractivity contribution >= 4 is 25.8 Å². The molecule has 0 unspecified atom stereocenters. The molecule has 0 atom stereocenters. The van der Waals surface area contributed by atoms with Crippen molar-refractivity contribution in [3.63, 3.8) is 0 Å². The number of benzene rings is 1. The van der Waals surface area contributed by atoms with Crippen molar-refractivity contribution in [2.75, 3.05) is 18.8 Å². The Bertz CT molecular complexity index is 451. The molecule has 1 saturated heterocycles. The van der Waals surface area contributed by atoms with E-state index in [1.54, 1.807) is 0 Å². The average molecular weight is 304 g/mol. The highest BCUT2D eigenvalue weighted by atomic mass is 79.9. The van der Waals surface area contributed by atoms with Gasteiger partial charge in [-0.2, -0.15) is 0 Å². The molecule has 1 N–H and O–H groups in total. The van der Waals surface area contributed by atoms with Gasteiger partial charge < -0.3 is 5.32 Å². The van der Waals surface area contributed by atoms with Crippen molar-refractivity contribution in [3.8, 4) is 0 Å². The molecule has 3 nitrogen and oxygen atoms in total. The molecule has 0 radical (unpaired) electrons. The van der Waals surface area contributed by atoms with Gasteiger partial charge in [0.05, 0.1) is 11.0 Å². The second kappa shape index (κ2) is 4.85. The SMILES string of the molecule is O=S(=O)(CCc1ccc(Br)cc1)C1CNC1. The maximum atomic E-state index is 11.8. The summed E-state index contributed by atoms with van der Waals surface area (Å²) in [7, 11) is -2.91. The summed E-state index contributed by atoms with van der Waals surface area (Å²) >= 11 is 3.35. The number of sulfone groups is 1. The molecule has 0 spiro atoms. The third-order valence-corrected chi connectivity index (χ3v) is 5.49. The summed E-state index contributed by atoms with van der Waals surface area (Å²) in [6.45, 7) is 1.23. The smallest absolute Gasteiger partial charge is 0.155 e. The summed E-state index contributed by atoms with van der Waals surface area (Å²) in [5, 5.41) is 2.82. The third kappa shape index (κ3) is 2.84. The molecule has 0 bridgehead atoms. The molecule has 0 aromatic heterocycles. The highest BCUT2D eigenvalue weighted by Crippen LogP contribution is 2.13. The molecule has 2 rings (SSSR count). The number of hydrogen-bond donors (Lipinski definition) is 1. The lowest BCUT2D eigenvalue weighted by molar-refractivity contribution is 0.495. The van der Waals surface area contributed by atoms with E-state index in [2.05, 4.69) is 21.2 Å². The fourth-order valence-corrected chi connectivity index (χ4v) is 3.46. The zero-order valence-electron chi connectivity index (χ0n) is 8.82. The van der Waals surface area contributed by atoms with Crippen molar-refractivity contribution in [3.05, 3.63) is 34.3 Å². The minimum absolute atomic E-state index is 0.164. The molecule has 0 saturated carbocycles. The molecule has 5 heteroatoms. The van der Waals surface area contributed by atoms with Gasteiger partial charge in [-0.05, 0) is 24.1 Å². The van der Waals surface area contributed by atoms with E-state index in [0.29, 0.717) is 19.5 Å². The summed E-state index contributed by atoms with van der Waals surface area (Å²) < 4.78 is 24.6. The summed E-state index contributed by atoms with van der Waals surface area (Å²) in [6, 6.07) is 7.79. The van der Waals surface area contributed by atoms with Crippen molar-refractivity contribution in [2.45, 2.75) is 11.7 Å². The van der Waals surface area contributed by atoms with E-state index < -0.39 is 9.84 Å². The van der Waals surface area contributed by atoms with E-state index in [1.807, 2.05) is 24.3 Å². The van der Waals surface area contributed by atoms with Gasteiger partial charge in [0.2, 0.25) is 0 Å². The molecule has 1 heterocycles. The molecule has 0 amide bonds. The highest BCUT2D eigenvalue weighted by Gasteiger charge is 2.30. The Labute approximate surface area is 104 Å². The van der Waals surface area contributed by atoms with Gasteiger partial charge in [-0.1, -0.05) is 28.1 Å². The van der Waals surface area contributed by atoms with Crippen LogP contribution in [-0.2, 0) is 16.3 Å². The molecule has 1 aliphatic heterocycles. The molecule has 0 aliphatic carbocycles. The van der Waals surface area contributed by atoms with Crippen LogP contribution >= 0.6 is 15.9 Å². The second-order valence-corrected chi connectivity index (χ2v) is 7.34. The molecule has 16 heavy (non-hydrogen) atoms. The van der Waals surface area contributed by atoms with Gasteiger partial charge in [-0.15, -0.1) is 0 Å². The first-order valence-corrected chi connectivity index (χ1v) is 7.75. The first kappa shape index (κ1) is 12.1. The van der Waals surface area contributed by atoms with Crippen LogP contribution in [0.4, 0.5) is 0 Å². The second-order valence-electron chi connectivity index (χ2n) is 4.02. The summed E-state index contributed by atoms with van der Waals surface area (Å²) in [5.41, 5.74) is 1.07. The fourth-order valence-electron chi connectivity index (χ4n) is 1.59. The quantitative estimate of drug-likeness (QED) is 0.914. The maximum absolute atomic E-state index is 11.8. The number of aryl methyl sites for hydroxylation is 1. The predicted octanol–water partition coefficient (Wildman–Crippen LogP) is 1.38. The van der Waals surface area contributed by atoms with Crippen LogP contribution in [0.25, 0.3) is 0 Å². The summed E-state index contributed by atoms with van der Waals surface area (Å²) in [6.07, 6.45) is 0.603. The lowest BCUT2D eigenvalue weighted by Crippen LogP contribution is -2.52. The lowest BCUT2D eigenvalue weighted by Gasteiger charge is -2.26. The summed E-state index contributed by atoms with van der Waals surface area (Å²) in [4.78, 5) is 0. The standard InChI is InChI=1S/C11H14BrNO2S/c12-10-3-1-9(2-4-10)5-6-16(14,15)11-7-13-8-11/h1-4,11,13H,5-8H2. The monoisotopic (exact) mass is 303 g/mol. The van der Waals surface area contributed by atoms with Crippen LogP contribution in [0.2, 0.25) is 0 Å². The molecule has 88 valence electrons. The minimum atomic E-state index is -2.91. The topological polar surface area (TPSA) is 46.2 Å². The Hall–Kier alpha value is -0.390. The Morgan fingerprint density at radius 1 is 1.25 bits per heavy atom. The van der Waals surface area contributed by atoms with Crippen molar-refractivity contribution in [1.82, 2.24) is 5.32 Å². The van der Waals surface area contributed by atoms with E-state index in [0.717, 1.165) is 10.0 Å². The van der Waals surface area contributed by atoms with Crippen LogP contribution in [0.5, 0.6) is 0 Å². The molecular formula is C11H14BrNO2S. The van der Waals surface area contributed by atoms with Crippen LogP contribution in [0, 0.1) is 0 Å². The fraction of sp³-hybridized carbons (Fsp3) is 0.455. The van der Waals surface area contributed by atoms with Crippen LogP contribution in [0.1, 0.15) is 5.56 Å². The Kier molecular flexibility index (Phi) is 3.66. The van der Waals surface area contributed by atoms with E-state index in [4.69, 9.17) is 0 Å². The van der Waals surface area contributed by atoms with Gasteiger partial charge in [0.1, 0.15) is 0 Å². The normalized spacial score (nSPS) is 17.1. The number of rotatable bonds is 4. The largest absolute Gasteiger partial charge is 0.314 e. The first-order valence-electron chi connectivity index (χ1n) is 5.25. The molecular weight excluding hydrogens is 290 g/mol. The molecule has 1 aromatic rings. The van der Waals surface area contributed by atoms with Crippen LogP contribution in [-0.4, -0.2) is 32.5 Å². The number of nitrogens with one attached hydrogen (secondary N) is 1. The van der Waals surface area contributed by atoms with Crippen molar-refractivity contribution < 1.29 is 8.42 Å². The van der Waals surface area contributed by atoms with Gasteiger partial charge in [-0.3, -0.25) is 0 Å². The van der Waals surface area contributed by atoms with E-state index >= 15 is 0 Å². The lowest BCUT2D eigenvalue weighted by atomic mass is 10.2. The Balaban J connectivity index is 1.94. The maximum Gasteiger partial charge on any atom is 0.155 e. The molecule has 1 fully saturated rings. The van der Waals surface area contributed by atoms with Gasteiger partial charge in [0, 0.05) is 17.6 Å². The van der Waals surface area contributed by atoms with Gasteiger partial charge in [-0.25, -0.2) is 8.42 Å². The average Bonchev–Trinajstić information content (AvgIpc) is 2.13. The van der Waals surface area contributed by atoms with Crippen LogP contribution < -0.4 is 5.32 Å².